The van der Waals surface area contributed by atoms with Crippen LogP contribution in [0.2, 0.25) is 0 Å². The van der Waals surface area contributed by atoms with Crippen molar-refractivity contribution in [2.24, 2.45) is 0 Å². The molecular formula is C12H17N. The maximum Gasteiger partial charge on any atom is 0.0469 e. The van der Waals surface area contributed by atoms with E-state index < -0.39 is 0 Å². The molecule has 0 radical (unpaired) electrons. The molecule has 1 unspecified atom stereocenters. The van der Waals surface area contributed by atoms with Gasteiger partial charge in [-0.3, -0.25) is 4.98 Å². The highest BCUT2D eigenvalue weighted by Gasteiger charge is 2.28. The Morgan fingerprint density at radius 3 is 2.92 bits per heavy atom. The van der Waals surface area contributed by atoms with Crippen LogP contribution < -0.4 is 0 Å². The van der Waals surface area contributed by atoms with Gasteiger partial charge in [0.2, 0.25) is 0 Å². The second-order valence-electron chi connectivity index (χ2n) is 4.06. The van der Waals surface area contributed by atoms with Crippen LogP contribution in [0.3, 0.4) is 0 Å². The highest BCUT2D eigenvalue weighted by molar-refractivity contribution is 5.29. The van der Waals surface area contributed by atoms with E-state index >= 15 is 0 Å². The van der Waals surface area contributed by atoms with E-state index in [1.54, 1.807) is 0 Å². The fraction of sp³-hybridized carbons (Fsp3) is 0.583. The average molecular weight is 175 g/mol. The minimum atomic E-state index is 0.671. The fourth-order valence-corrected chi connectivity index (χ4v) is 1.76. The lowest BCUT2D eigenvalue weighted by Crippen LogP contribution is -1.99. The van der Waals surface area contributed by atoms with E-state index in [1.807, 2.05) is 6.20 Å². The van der Waals surface area contributed by atoms with Gasteiger partial charge in [-0.25, -0.2) is 0 Å². The van der Waals surface area contributed by atoms with Gasteiger partial charge in [0.25, 0.3) is 0 Å². The minimum absolute atomic E-state index is 0.671. The van der Waals surface area contributed by atoms with E-state index in [4.69, 9.17) is 0 Å². The topological polar surface area (TPSA) is 12.9 Å². The summed E-state index contributed by atoms with van der Waals surface area (Å²) in [5.41, 5.74) is 2.85. The molecule has 0 N–H and O–H groups in total. The third-order valence-corrected chi connectivity index (χ3v) is 2.98. The molecule has 1 saturated carbocycles. The van der Waals surface area contributed by atoms with E-state index in [2.05, 4.69) is 31.0 Å². The van der Waals surface area contributed by atoms with Crippen molar-refractivity contribution in [2.75, 3.05) is 0 Å². The van der Waals surface area contributed by atoms with Crippen molar-refractivity contribution in [3.8, 4) is 0 Å². The third-order valence-electron chi connectivity index (χ3n) is 2.98. The van der Waals surface area contributed by atoms with Crippen molar-refractivity contribution in [1.82, 2.24) is 4.98 Å². The SMILES string of the molecule is CCC(C)c1cccnc1C1CC1. The Balaban J connectivity index is 2.31. The second kappa shape index (κ2) is 3.49. The zero-order valence-electron chi connectivity index (χ0n) is 8.46. The van der Waals surface area contributed by atoms with Gasteiger partial charge in [0.15, 0.2) is 0 Å². The molecule has 0 bridgehead atoms. The Bertz CT molecular complexity index is 289. The summed E-state index contributed by atoms with van der Waals surface area (Å²) in [5, 5.41) is 0. The summed E-state index contributed by atoms with van der Waals surface area (Å²) in [6, 6.07) is 4.31. The van der Waals surface area contributed by atoms with E-state index in [1.165, 1.54) is 30.5 Å². The summed E-state index contributed by atoms with van der Waals surface area (Å²) in [7, 11) is 0. The molecule has 1 aromatic heterocycles. The van der Waals surface area contributed by atoms with Crippen molar-refractivity contribution >= 4 is 0 Å². The minimum Gasteiger partial charge on any atom is -0.261 e. The Kier molecular flexibility index (Phi) is 2.34. The van der Waals surface area contributed by atoms with Crippen molar-refractivity contribution in [1.29, 1.82) is 0 Å². The first-order chi connectivity index (χ1) is 6.33. The van der Waals surface area contributed by atoms with Crippen LogP contribution in [0.5, 0.6) is 0 Å². The largest absolute Gasteiger partial charge is 0.261 e. The molecule has 1 aliphatic carbocycles. The number of rotatable bonds is 3. The van der Waals surface area contributed by atoms with Gasteiger partial charge >= 0.3 is 0 Å². The summed E-state index contributed by atoms with van der Waals surface area (Å²) in [6.07, 6.45) is 5.84. The third kappa shape index (κ3) is 1.74. The molecule has 0 aliphatic heterocycles. The van der Waals surface area contributed by atoms with Crippen molar-refractivity contribution in [3.05, 3.63) is 29.6 Å². The van der Waals surface area contributed by atoms with Gasteiger partial charge in [0.05, 0.1) is 0 Å². The maximum absolute atomic E-state index is 4.51. The monoisotopic (exact) mass is 175 g/mol. The first-order valence-corrected chi connectivity index (χ1v) is 5.27. The zero-order valence-corrected chi connectivity index (χ0v) is 8.46. The van der Waals surface area contributed by atoms with Gasteiger partial charge in [-0.05, 0) is 36.8 Å². The quantitative estimate of drug-likeness (QED) is 0.685. The molecule has 0 aromatic carbocycles. The summed E-state index contributed by atoms with van der Waals surface area (Å²) in [5.74, 6) is 1.45. The molecule has 1 nitrogen and oxygen atoms in total. The number of hydrogen-bond donors (Lipinski definition) is 0. The normalized spacial score (nSPS) is 18.6. The maximum atomic E-state index is 4.51. The summed E-state index contributed by atoms with van der Waals surface area (Å²) < 4.78 is 0. The molecule has 1 heteroatoms. The Morgan fingerprint density at radius 2 is 2.31 bits per heavy atom. The number of aromatic nitrogens is 1. The summed E-state index contributed by atoms with van der Waals surface area (Å²) in [4.78, 5) is 4.51. The Labute approximate surface area is 80.2 Å². The van der Waals surface area contributed by atoms with E-state index in [9.17, 15) is 0 Å². The smallest absolute Gasteiger partial charge is 0.0469 e. The van der Waals surface area contributed by atoms with E-state index in [-0.39, 0.29) is 0 Å². The molecule has 1 fully saturated rings. The van der Waals surface area contributed by atoms with Gasteiger partial charge in [-0.15, -0.1) is 0 Å². The van der Waals surface area contributed by atoms with Gasteiger partial charge in [0.1, 0.15) is 0 Å². The van der Waals surface area contributed by atoms with Crippen LogP contribution in [-0.2, 0) is 0 Å². The lowest BCUT2D eigenvalue weighted by Gasteiger charge is -2.12. The van der Waals surface area contributed by atoms with Crippen LogP contribution in [-0.4, -0.2) is 4.98 Å². The van der Waals surface area contributed by atoms with Crippen molar-refractivity contribution in [3.63, 3.8) is 0 Å². The number of nitrogens with zero attached hydrogens (tertiary/aromatic N) is 1. The van der Waals surface area contributed by atoms with Crippen LogP contribution in [0.15, 0.2) is 18.3 Å². The zero-order chi connectivity index (χ0) is 9.26. The number of pyridine rings is 1. The molecule has 1 aromatic rings. The van der Waals surface area contributed by atoms with Crippen molar-refractivity contribution < 1.29 is 0 Å². The van der Waals surface area contributed by atoms with Gasteiger partial charge in [-0.2, -0.15) is 0 Å². The lowest BCUT2D eigenvalue weighted by molar-refractivity contribution is 0.714. The molecule has 70 valence electrons. The predicted molar refractivity (Wildman–Crippen MR) is 54.9 cm³/mol. The van der Waals surface area contributed by atoms with Crippen LogP contribution in [0.4, 0.5) is 0 Å². The molecule has 1 heterocycles. The number of hydrogen-bond acceptors (Lipinski definition) is 1. The molecule has 0 saturated heterocycles. The van der Waals surface area contributed by atoms with Gasteiger partial charge < -0.3 is 0 Å². The van der Waals surface area contributed by atoms with E-state index in [0.717, 1.165) is 5.92 Å². The second-order valence-corrected chi connectivity index (χ2v) is 4.06. The average Bonchev–Trinajstić information content (AvgIpc) is 3.00. The van der Waals surface area contributed by atoms with Crippen LogP contribution in [0.25, 0.3) is 0 Å². The van der Waals surface area contributed by atoms with Gasteiger partial charge in [-0.1, -0.05) is 19.9 Å². The van der Waals surface area contributed by atoms with Gasteiger partial charge in [0, 0.05) is 17.8 Å². The molecular weight excluding hydrogens is 158 g/mol. The highest BCUT2D eigenvalue weighted by atomic mass is 14.7. The van der Waals surface area contributed by atoms with Crippen molar-refractivity contribution in [2.45, 2.75) is 44.9 Å². The Hall–Kier alpha value is -0.850. The van der Waals surface area contributed by atoms with Crippen LogP contribution in [0, 0.1) is 0 Å². The molecule has 1 atom stereocenters. The van der Waals surface area contributed by atoms with Crippen LogP contribution in [0.1, 0.15) is 56.2 Å². The predicted octanol–water partition coefficient (Wildman–Crippen LogP) is 3.47. The molecule has 0 amide bonds. The first-order valence-electron chi connectivity index (χ1n) is 5.27. The summed E-state index contributed by atoms with van der Waals surface area (Å²) >= 11 is 0. The van der Waals surface area contributed by atoms with E-state index in [0.29, 0.717) is 5.92 Å². The molecule has 2 rings (SSSR count). The highest BCUT2D eigenvalue weighted by Crippen LogP contribution is 2.42. The molecule has 13 heavy (non-hydrogen) atoms. The standard InChI is InChI=1S/C12H17N/c1-3-9(2)11-5-4-8-13-12(11)10-6-7-10/h4-5,8-10H,3,6-7H2,1-2H3. The fourth-order valence-electron chi connectivity index (χ4n) is 1.76. The Morgan fingerprint density at radius 1 is 1.54 bits per heavy atom. The first kappa shape index (κ1) is 8.74. The van der Waals surface area contributed by atoms with Crippen LogP contribution >= 0.6 is 0 Å². The lowest BCUT2D eigenvalue weighted by atomic mass is 9.95. The molecule has 1 aliphatic rings. The summed E-state index contributed by atoms with van der Waals surface area (Å²) in [6.45, 7) is 4.54. The molecule has 0 spiro atoms.